The van der Waals surface area contributed by atoms with Crippen LogP contribution < -0.4 is 4.90 Å². The first-order valence-corrected chi connectivity index (χ1v) is 7.80. The highest BCUT2D eigenvalue weighted by atomic mass is 19.1. The van der Waals surface area contributed by atoms with E-state index in [1.807, 2.05) is 13.8 Å². The van der Waals surface area contributed by atoms with Crippen LogP contribution >= 0.6 is 0 Å². The Morgan fingerprint density at radius 2 is 1.96 bits per heavy atom. The van der Waals surface area contributed by atoms with Crippen LogP contribution in [0, 0.1) is 17.1 Å². The largest absolute Gasteiger partial charge is 0.373 e. The van der Waals surface area contributed by atoms with Crippen molar-refractivity contribution < 1.29 is 13.9 Å². The topological polar surface area (TPSA) is 56.6 Å². The summed E-state index contributed by atoms with van der Waals surface area (Å²) in [6.07, 6.45) is 0.411. The fraction of sp³-hybridized carbons (Fsp3) is 0.529. The molecule has 2 unspecified atom stereocenters. The molecule has 0 spiro atoms. The van der Waals surface area contributed by atoms with Gasteiger partial charge in [-0.1, -0.05) is 0 Å². The van der Waals surface area contributed by atoms with Gasteiger partial charge in [-0.25, -0.2) is 4.39 Å². The maximum Gasteiger partial charge on any atom is 0.241 e. The van der Waals surface area contributed by atoms with E-state index in [9.17, 15) is 9.18 Å². The van der Waals surface area contributed by atoms with Gasteiger partial charge in [0, 0.05) is 25.3 Å². The number of amides is 1. The lowest BCUT2D eigenvalue weighted by Crippen LogP contribution is -2.50. The third-order valence-electron chi connectivity index (χ3n) is 3.74. The molecule has 5 nitrogen and oxygen atoms in total. The van der Waals surface area contributed by atoms with Gasteiger partial charge in [-0.15, -0.1) is 0 Å². The molecule has 1 aliphatic rings. The quantitative estimate of drug-likeness (QED) is 0.835. The van der Waals surface area contributed by atoms with Gasteiger partial charge in [0.15, 0.2) is 0 Å². The number of ether oxygens (including phenoxy) is 1. The van der Waals surface area contributed by atoms with E-state index < -0.39 is 0 Å². The van der Waals surface area contributed by atoms with Gasteiger partial charge in [0.2, 0.25) is 5.91 Å². The summed E-state index contributed by atoms with van der Waals surface area (Å²) in [6.45, 7) is 5.94. The Labute approximate surface area is 136 Å². The molecule has 0 N–H and O–H groups in total. The van der Waals surface area contributed by atoms with Crippen LogP contribution in [0.5, 0.6) is 0 Å². The van der Waals surface area contributed by atoms with Crippen LogP contribution in [0.4, 0.5) is 10.1 Å². The molecule has 1 amide bonds. The summed E-state index contributed by atoms with van der Waals surface area (Å²) in [4.78, 5) is 16.3. The molecule has 1 saturated heterocycles. The minimum Gasteiger partial charge on any atom is -0.373 e. The number of hydrogen-bond acceptors (Lipinski definition) is 4. The molecule has 1 heterocycles. The van der Waals surface area contributed by atoms with Crippen LogP contribution in [0.3, 0.4) is 0 Å². The standard InChI is InChI=1S/C17H22FN3O2/c1-13-10-20(11-14(2)23-13)12-17(22)21(9-3-8-19)16-6-4-15(18)5-7-16/h4-7,13-14H,3,9-12H2,1-2H3. The van der Waals surface area contributed by atoms with Crippen LogP contribution in [-0.4, -0.2) is 49.2 Å². The summed E-state index contributed by atoms with van der Waals surface area (Å²) < 4.78 is 18.8. The molecule has 0 saturated carbocycles. The van der Waals surface area contributed by atoms with Gasteiger partial charge in [0.1, 0.15) is 5.82 Å². The molecule has 23 heavy (non-hydrogen) atoms. The van der Waals surface area contributed by atoms with Crippen LogP contribution in [0.2, 0.25) is 0 Å². The smallest absolute Gasteiger partial charge is 0.241 e. The second-order valence-electron chi connectivity index (χ2n) is 5.88. The van der Waals surface area contributed by atoms with Gasteiger partial charge < -0.3 is 9.64 Å². The normalized spacial score (nSPS) is 21.7. The van der Waals surface area contributed by atoms with E-state index in [0.29, 0.717) is 25.3 Å². The van der Waals surface area contributed by atoms with Crippen molar-refractivity contribution in [1.82, 2.24) is 4.90 Å². The van der Waals surface area contributed by atoms with Crippen molar-refractivity contribution in [3.63, 3.8) is 0 Å². The van der Waals surface area contributed by atoms with E-state index in [0.717, 1.165) is 0 Å². The molecule has 1 aromatic rings. The van der Waals surface area contributed by atoms with Crippen LogP contribution in [0.15, 0.2) is 24.3 Å². The highest BCUT2D eigenvalue weighted by molar-refractivity contribution is 5.94. The molecule has 0 bridgehead atoms. The third kappa shape index (κ3) is 5.02. The molecule has 0 aromatic heterocycles. The highest BCUT2D eigenvalue weighted by Crippen LogP contribution is 2.17. The predicted octanol–water partition coefficient (Wildman–Crippen LogP) is 2.18. The molecule has 6 heteroatoms. The number of anilines is 1. The van der Waals surface area contributed by atoms with Crippen molar-refractivity contribution in [2.24, 2.45) is 0 Å². The number of benzene rings is 1. The number of carbonyl (C=O) groups excluding carboxylic acids is 1. The average molecular weight is 319 g/mol. The number of morpholine rings is 1. The Bertz CT molecular complexity index is 560. The van der Waals surface area contributed by atoms with E-state index in [1.165, 1.54) is 12.1 Å². The van der Waals surface area contributed by atoms with Gasteiger partial charge in [0.25, 0.3) is 0 Å². The molecule has 124 valence electrons. The molecule has 2 rings (SSSR count). The summed E-state index contributed by atoms with van der Waals surface area (Å²) in [5.41, 5.74) is 0.612. The Balaban J connectivity index is 2.07. The van der Waals surface area contributed by atoms with Gasteiger partial charge >= 0.3 is 0 Å². The Hall–Kier alpha value is -1.97. The second kappa shape index (κ2) is 8.04. The average Bonchev–Trinajstić information content (AvgIpc) is 2.48. The van der Waals surface area contributed by atoms with Gasteiger partial charge in [-0.05, 0) is 38.1 Å². The van der Waals surface area contributed by atoms with Crippen molar-refractivity contribution in [3.05, 3.63) is 30.1 Å². The third-order valence-corrected chi connectivity index (χ3v) is 3.74. The number of carbonyl (C=O) groups is 1. The lowest BCUT2D eigenvalue weighted by atomic mass is 10.2. The SMILES string of the molecule is CC1CN(CC(=O)N(CCC#N)c2ccc(F)cc2)CC(C)O1. The van der Waals surface area contributed by atoms with E-state index >= 15 is 0 Å². The minimum absolute atomic E-state index is 0.0879. The van der Waals surface area contributed by atoms with Crippen LogP contribution in [0.25, 0.3) is 0 Å². The number of halogens is 1. The fourth-order valence-electron chi connectivity index (χ4n) is 2.87. The summed E-state index contributed by atoms with van der Waals surface area (Å²) in [7, 11) is 0. The lowest BCUT2D eigenvalue weighted by molar-refractivity contribution is -0.123. The first-order valence-electron chi connectivity index (χ1n) is 7.80. The lowest BCUT2D eigenvalue weighted by Gasteiger charge is -2.36. The van der Waals surface area contributed by atoms with Gasteiger partial charge in [-0.3, -0.25) is 9.69 Å². The van der Waals surface area contributed by atoms with Crippen molar-refractivity contribution >= 4 is 11.6 Å². The zero-order valence-corrected chi connectivity index (χ0v) is 13.5. The van der Waals surface area contributed by atoms with Crippen molar-refractivity contribution in [2.75, 3.05) is 31.1 Å². The molecule has 1 aliphatic heterocycles. The van der Waals surface area contributed by atoms with Crippen molar-refractivity contribution in [2.45, 2.75) is 32.5 Å². The maximum absolute atomic E-state index is 13.1. The van der Waals surface area contributed by atoms with E-state index in [1.54, 1.807) is 17.0 Å². The molecular weight excluding hydrogens is 297 g/mol. The van der Waals surface area contributed by atoms with Crippen LogP contribution in [0.1, 0.15) is 20.3 Å². The zero-order chi connectivity index (χ0) is 16.8. The van der Waals surface area contributed by atoms with E-state index in [-0.39, 0.29) is 36.9 Å². The van der Waals surface area contributed by atoms with E-state index in [2.05, 4.69) is 11.0 Å². The maximum atomic E-state index is 13.1. The number of rotatable bonds is 5. The zero-order valence-electron chi connectivity index (χ0n) is 13.5. The predicted molar refractivity (Wildman–Crippen MR) is 85.4 cm³/mol. The molecule has 1 fully saturated rings. The highest BCUT2D eigenvalue weighted by Gasteiger charge is 2.26. The molecule has 2 atom stereocenters. The monoisotopic (exact) mass is 319 g/mol. The Morgan fingerprint density at radius 3 is 2.52 bits per heavy atom. The molecule has 0 radical (unpaired) electrons. The number of nitriles is 1. The first kappa shape index (κ1) is 17.4. The Morgan fingerprint density at radius 1 is 1.35 bits per heavy atom. The van der Waals surface area contributed by atoms with E-state index in [4.69, 9.17) is 10.00 Å². The summed E-state index contributed by atoms with van der Waals surface area (Å²) in [6, 6.07) is 7.82. The Kier molecular flexibility index (Phi) is 6.08. The number of hydrogen-bond donors (Lipinski definition) is 0. The molecular formula is C17H22FN3O2. The molecule has 0 aliphatic carbocycles. The van der Waals surface area contributed by atoms with Crippen molar-refractivity contribution in [1.29, 1.82) is 5.26 Å². The summed E-state index contributed by atoms with van der Waals surface area (Å²) >= 11 is 0. The van der Waals surface area contributed by atoms with Crippen molar-refractivity contribution in [3.8, 4) is 6.07 Å². The summed E-state index contributed by atoms with van der Waals surface area (Å²) in [5.74, 6) is -0.439. The molecule has 1 aromatic carbocycles. The fourth-order valence-corrected chi connectivity index (χ4v) is 2.87. The van der Waals surface area contributed by atoms with Crippen LogP contribution in [-0.2, 0) is 9.53 Å². The number of nitrogens with zero attached hydrogens (tertiary/aromatic N) is 3. The minimum atomic E-state index is -0.350. The first-order chi connectivity index (χ1) is 11.0. The van der Waals surface area contributed by atoms with Gasteiger partial charge in [0.05, 0.1) is 31.2 Å². The second-order valence-corrected chi connectivity index (χ2v) is 5.88. The summed E-state index contributed by atoms with van der Waals surface area (Å²) in [5, 5.41) is 8.80. The van der Waals surface area contributed by atoms with Gasteiger partial charge in [-0.2, -0.15) is 5.26 Å².